The molecule has 0 aliphatic carbocycles. The van der Waals surface area contributed by atoms with Crippen LogP contribution in [-0.4, -0.2) is 9.97 Å². The molecule has 0 amide bonds. The molecule has 0 radical (unpaired) electrons. The van der Waals surface area contributed by atoms with Gasteiger partial charge in [-0.3, -0.25) is 9.97 Å². The number of rotatable bonds is 8. The Balaban J connectivity index is 1.17. The van der Waals surface area contributed by atoms with Crippen molar-refractivity contribution in [1.82, 2.24) is 15.3 Å². The first kappa shape index (κ1) is 42.2. The van der Waals surface area contributed by atoms with Crippen LogP contribution in [0.3, 0.4) is 0 Å². The van der Waals surface area contributed by atoms with Gasteiger partial charge in [-0.25, -0.2) is 0 Å². The van der Waals surface area contributed by atoms with E-state index in [9.17, 15) is 0 Å². The maximum absolute atomic E-state index is 5.20. The maximum Gasteiger partial charge on any atom is 0.104 e. The molecule has 0 spiro atoms. The predicted molar refractivity (Wildman–Crippen MR) is 287 cm³/mol. The van der Waals surface area contributed by atoms with E-state index in [1.165, 1.54) is 75.3 Å². The maximum atomic E-state index is 5.20. The van der Waals surface area contributed by atoms with Crippen LogP contribution in [0.1, 0.15) is 55.8 Å². The van der Waals surface area contributed by atoms with E-state index in [1.54, 1.807) is 0 Å². The van der Waals surface area contributed by atoms with Gasteiger partial charge in [0.1, 0.15) is 5.69 Å². The van der Waals surface area contributed by atoms with Gasteiger partial charge >= 0.3 is 0 Å². The van der Waals surface area contributed by atoms with Crippen LogP contribution >= 0.6 is 22.7 Å². The summed E-state index contributed by atoms with van der Waals surface area (Å²) in [5, 5.41) is 6.44. The van der Waals surface area contributed by atoms with Crippen molar-refractivity contribution in [3.8, 4) is 43.3 Å². The fraction of sp³-hybridized carbons (Fsp3) is 0.0968. The molecule has 0 fully saturated rings. The van der Waals surface area contributed by atoms with Crippen molar-refractivity contribution in [1.29, 1.82) is 0 Å². The van der Waals surface area contributed by atoms with Crippen LogP contribution in [-0.2, 0) is 0 Å². The van der Waals surface area contributed by atoms with Crippen molar-refractivity contribution in [2.24, 2.45) is 0 Å². The van der Waals surface area contributed by atoms with Crippen LogP contribution in [0.2, 0.25) is 0 Å². The second kappa shape index (κ2) is 17.4. The van der Waals surface area contributed by atoms with Crippen LogP contribution in [0.4, 0.5) is 0 Å². The van der Waals surface area contributed by atoms with Gasteiger partial charge in [0.25, 0.3) is 0 Å². The number of pyridine rings is 2. The molecule has 5 heterocycles. The standard InChI is InChI=1S/C62H49N3S2/c1-37-16-13-17-38(2)55(37)53-35-45-26-28-63-59(61(45)66-53)50-31-47(43-22-9-7-10-23-43)30-49(32-50)58(57-41(5)20-15-21-42(57)6)51-33-48(44-24-11-8-12-25-44)34-52(65-51)60-62-46(27-29-64-60)36-54(67-62)56-39(3)18-14-19-40(56)4/h7-36,65H,1-6H3/b58-51+. The lowest BCUT2D eigenvalue weighted by Crippen LogP contribution is -2.18. The van der Waals surface area contributed by atoms with E-state index >= 15 is 0 Å². The summed E-state index contributed by atoms with van der Waals surface area (Å²) in [6.07, 6.45) is 8.54. The van der Waals surface area contributed by atoms with Crippen LogP contribution in [0.5, 0.6) is 0 Å². The fourth-order valence-corrected chi connectivity index (χ4v) is 12.6. The summed E-state index contributed by atoms with van der Waals surface area (Å²) < 4.78 is 2.34. The summed E-state index contributed by atoms with van der Waals surface area (Å²) in [5.74, 6) is 0. The number of aryl methyl sites for hydroxylation is 6. The molecule has 6 aromatic carbocycles. The molecule has 1 aliphatic rings. The van der Waals surface area contributed by atoms with Gasteiger partial charge in [-0.1, -0.05) is 115 Å². The van der Waals surface area contributed by atoms with Crippen LogP contribution in [0, 0.1) is 41.5 Å². The van der Waals surface area contributed by atoms with Gasteiger partial charge in [-0.05, 0) is 185 Å². The molecule has 1 N–H and O–H groups in total. The number of nitrogens with zero attached hydrogens (tertiary/aromatic N) is 2. The van der Waals surface area contributed by atoms with E-state index in [2.05, 4.69) is 217 Å². The first-order valence-electron chi connectivity index (χ1n) is 22.9. The summed E-state index contributed by atoms with van der Waals surface area (Å²) in [7, 11) is 0. The van der Waals surface area contributed by atoms with Gasteiger partial charge in [-0.2, -0.15) is 0 Å². The molecule has 0 bridgehead atoms. The van der Waals surface area contributed by atoms with E-state index in [0.29, 0.717) is 0 Å². The summed E-state index contributed by atoms with van der Waals surface area (Å²) in [6.45, 7) is 13.3. The summed E-state index contributed by atoms with van der Waals surface area (Å²) in [5.41, 5.74) is 23.0. The molecule has 1 aliphatic heterocycles. The Morgan fingerprint density at radius 1 is 0.433 bits per heavy atom. The minimum Gasteiger partial charge on any atom is -0.353 e. The predicted octanol–water partition coefficient (Wildman–Crippen LogP) is 16.9. The number of hydrogen-bond donors (Lipinski definition) is 1. The Hall–Kier alpha value is -7.44. The second-order valence-corrected chi connectivity index (χ2v) is 19.9. The lowest BCUT2D eigenvalue weighted by Gasteiger charge is -2.25. The number of thiophene rings is 2. The van der Waals surface area contributed by atoms with Crippen LogP contribution in [0.25, 0.3) is 80.3 Å². The number of allylic oxidation sites excluding steroid dienone is 3. The molecule has 11 rings (SSSR count). The number of hydrogen-bond acceptors (Lipinski definition) is 5. The van der Waals surface area contributed by atoms with E-state index < -0.39 is 0 Å². The van der Waals surface area contributed by atoms with Crippen molar-refractivity contribution < 1.29 is 0 Å². The average molecular weight is 900 g/mol. The minimum absolute atomic E-state index is 0.937. The highest BCUT2D eigenvalue weighted by atomic mass is 32.1. The van der Waals surface area contributed by atoms with Crippen molar-refractivity contribution in [3.05, 3.63) is 244 Å². The van der Waals surface area contributed by atoms with E-state index in [4.69, 9.17) is 9.97 Å². The lowest BCUT2D eigenvalue weighted by atomic mass is 9.85. The molecule has 10 aromatic rings. The zero-order chi connectivity index (χ0) is 45.8. The zero-order valence-electron chi connectivity index (χ0n) is 38.5. The SMILES string of the molecule is Cc1cccc(C)c1/C(=C1\C=C(c2ccccc2)C=C(c2nccc3cc(-c4c(C)cccc4C)sc23)N1)c1cc(-c2ccccc2)cc(-c2nccc3cc(-c4c(C)cccc4C)sc23)c1. The quantitative estimate of drug-likeness (QED) is 0.165. The number of aromatic nitrogens is 2. The summed E-state index contributed by atoms with van der Waals surface area (Å²) in [6, 6.07) is 57.3. The highest BCUT2D eigenvalue weighted by molar-refractivity contribution is 7.23. The van der Waals surface area contributed by atoms with Crippen molar-refractivity contribution in [2.75, 3.05) is 0 Å². The normalized spacial score (nSPS) is 13.4. The average Bonchev–Trinajstić information content (AvgIpc) is 3.98. The second-order valence-electron chi connectivity index (χ2n) is 17.8. The molecule has 67 heavy (non-hydrogen) atoms. The molecule has 0 unspecified atom stereocenters. The van der Waals surface area contributed by atoms with E-state index in [0.717, 1.165) is 66.4 Å². The third-order valence-corrected chi connectivity index (χ3v) is 15.5. The van der Waals surface area contributed by atoms with Crippen LogP contribution in [0.15, 0.2) is 188 Å². The first-order chi connectivity index (χ1) is 32.7. The Labute approximate surface area is 401 Å². The molecule has 0 atom stereocenters. The molecule has 324 valence electrons. The highest BCUT2D eigenvalue weighted by Gasteiger charge is 2.25. The Morgan fingerprint density at radius 3 is 1.49 bits per heavy atom. The van der Waals surface area contributed by atoms with Gasteiger partial charge in [0, 0.05) is 39.0 Å². The zero-order valence-corrected chi connectivity index (χ0v) is 40.2. The first-order valence-corrected chi connectivity index (χ1v) is 24.5. The molecule has 0 saturated carbocycles. The Kier molecular flexibility index (Phi) is 11.0. The Morgan fingerprint density at radius 2 is 0.925 bits per heavy atom. The van der Waals surface area contributed by atoms with Gasteiger partial charge in [0.05, 0.1) is 20.8 Å². The third-order valence-electron chi connectivity index (χ3n) is 13.2. The van der Waals surface area contributed by atoms with E-state index in [1.807, 2.05) is 35.1 Å². The molecular weight excluding hydrogens is 851 g/mol. The smallest absolute Gasteiger partial charge is 0.104 e. The minimum atomic E-state index is 0.937. The molecule has 0 saturated heterocycles. The Bertz CT molecular complexity index is 3600. The fourth-order valence-electron chi connectivity index (χ4n) is 9.96. The van der Waals surface area contributed by atoms with Gasteiger partial charge < -0.3 is 5.32 Å². The highest BCUT2D eigenvalue weighted by Crippen LogP contribution is 2.45. The molecule has 3 nitrogen and oxygen atoms in total. The van der Waals surface area contributed by atoms with Gasteiger partial charge in [0.15, 0.2) is 0 Å². The van der Waals surface area contributed by atoms with Crippen molar-refractivity contribution >= 4 is 59.7 Å². The summed E-state index contributed by atoms with van der Waals surface area (Å²) >= 11 is 3.65. The van der Waals surface area contributed by atoms with Gasteiger partial charge in [0.2, 0.25) is 0 Å². The van der Waals surface area contributed by atoms with Gasteiger partial charge in [-0.15, -0.1) is 22.7 Å². The molecule has 5 heteroatoms. The number of dihydropyridines is 1. The molecule has 4 aromatic heterocycles. The van der Waals surface area contributed by atoms with Crippen molar-refractivity contribution in [3.63, 3.8) is 0 Å². The number of fused-ring (bicyclic) bond motifs is 2. The van der Waals surface area contributed by atoms with E-state index in [-0.39, 0.29) is 0 Å². The monoisotopic (exact) mass is 899 g/mol. The van der Waals surface area contributed by atoms with Crippen molar-refractivity contribution in [2.45, 2.75) is 41.5 Å². The molecular formula is C62H49N3S2. The largest absolute Gasteiger partial charge is 0.353 e. The number of benzene rings is 6. The number of nitrogens with one attached hydrogen (secondary N) is 1. The van der Waals surface area contributed by atoms with Crippen LogP contribution < -0.4 is 5.32 Å². The topological polar surface area (TPSA) is 37.8 Å². The third kappa shape index (κ3) is 7.84. The summed E-state index contributed by atoms with van der Waals surface area (Å²) in [4.78, 5) is 12.9. The lowest BCUT2D eigenvalue weighted by molar-refractivity contribution is 1.10.